The molecular formula is C14H11N3O6. The standard InChI is InChI=1S/C14H11N3O6/c1-23-13(19)9-5-3-2-4-8(9)6-7-10-11(17(21)22)12(18)16-14(20)15-10/h2-7H,1H3,(H2,15,16,18,20). The summed E-state index contributed by atoms with van der Waals surface area (Å²) in [6.07, 6.45) is 2.54. The number of aromatic amines is 2. The molecule has 0 saturated heterocycles. The van der Waals surface area contributed by atoms with Crippen LogP contribution in [-0.2, 0) is 4.74 Å². The molecule has 0 saturated carbocycles. The van der Waals surface area contributed by atoms with E-state index in [1.54, 1.807) is 23.2 Å². The quantitative estimate of drug-likeness (QED) is 0.489. The number of benzene rings is 1. The molecule has 9 heteroatoms. The maximum absolute atomic E-state index is 11.7. The van der Waals surface area contributed by atoms with E-state index in [1.807, 2.05) is 0 Å². The summed E-state index contributed by atoms with van der Waals surface area (Å²) in [4.78, 5) is 48.4. The maximum Gasteiger partial charge on any atom is 0.357 e. The molecule has 1 heterocycles. The summed E-state index contributed by atoms with van der Waals surface area (Å²) < 4.78 is 4.64. The van der Waals surface area contributed by atoms with Crippen molar-refractivity contribution in [1.29, 1.82) is 0 Å². The fourth-order valence-electron chi connectivity index (χ4n) is 1.91. The van der Waals surface area contributed by atoms with E-state index in [0.29, 0.717) is 5.56 Å². The first-order valence-corrected chi connectivity index (χ1v) is 6.30. The number of hydrogen-bond acceptors (Lipinski definition) is 6. The Labute approximate surface area is 128 Å². The van der Waals surface area contributed by atoms with E-state index >= 15 is 0 Å². The molecule has 0 aliphatic heterocycles. The van der Waals surface area contributed by atoms with Crippen molar-refractivity contribution in [2.24, 2.45) is 0 Å². The van der Waals surface area contributed by atoms with Gasteiger partial charge in [-0.2, -0.15) is 0 Å². The van der Waals surface area contributed by atoms with Crippen LogP contribution in [0.1, 0.15) is 21.6 Å². The van der Waals surface area contributed by atoms with Crippen molar-refractivity contribution < 1.29 is 14.5 Å². The molecule has 2 aromatic rings. The third-order valence-electron chi connectivity index (χ3n) is 2.92. The summed E-state index contributed by atoms with van der Waals surface area (Å²) in [5.41, 5.74) is -2.41. The molecule has 2 rings (SSSR count). The van der Waals surface area contributed by atoms with Gasteiger partial charge in [0.1, 0.15) is 5.69 Å². The van der Waals surface area contributed by atoms with Crippen LogP contribution in [0.25, 0.3) is 12.2 Å². The van der Waals surface area contributed by atoms with Gasteiger partial charge in [0, 0.05) is 0 Å². The first-order valence-electron chi connectivity index (χ1n) is 6.30. The van der Waals surface area contributed by atoms with Crippen molar-refractivity contribution in [3.8, 4) is 0 Å². The molecule has 9 nitrogen and oxygen atoms in total. The zero-order valence-electron chi connectivity index (χ0n) is 11.9. The lowest BCUT2D eigenvalue weighted by atomic mass is 10.1. The molecule has 0 unspecified atom stereocenters. The summed E-state index contributed by atoms with van der Waals surface area (Å²) in [5.74, 6) is -0.584. The predicted molar refractivity (Wildman–Crippen MR) is 81.0 cm³/mol. The molecule has 0 amide bonds. The van der Waals surface area contributed by atoms with E-state index in [9.17, 15) is 24.5 Å². The van der Waals surface area contributed by atoms with Crippen LogP contribution in [0.4, 0.5) is 5.69 Å². The van der Waals surface area contributed by atoms with Crippen LogP contribution in [0.15, 0.2) is 33.9 Å². The zero-order chi connectivity index (χ0) is 17.0. The second kappa shape index (κ2) is 6.52. The van der Waals surface area contributed by atoms with Crippen LogP contribution in [0, 0.1) is 10.1 Å². The molecule has 1 aromatic heterocycles. The number of aromatic nitrogens is 2. The largest absolute Gasteiger partial charge is 0.465 e. The van der Waals surface area contributed by atoms with Gasteiger partial charge in [-0.15, -0.1) is 0 Å². The predicted octanol–water partition coefficient (Wildman–Crippen LogP) is 0.928. The summed E-state index contributed by atoms with van der Waals surface area (Å²) >= 11 is 0. The number of hydrogen-bond donors (Lipinski definition) is 2. The Morgan fingerprint density at radius 1 is 1.22 bits per heavy atom. The Balaban J connectivity index is 2.55. The molecule has 0 radical (unpaired) electrons. The van der Waals surface area contributed by atoms with E-state index in [1.165, 1.54) is 25.3 Å². The number of nitro groups is 1. The lowest BCUT2D eigenvalue weighted by Gasteiger charge is -2.03. The fraction of sp³-hybridized carbons (Fsp3) is 0.0714. The molecule has 0 aliphatic carbocycles. The van der Waals surface area contributed by atoms with Gasteiger partial charge in [-0.25, -0.2) is 9.59 Å². The van der Waals surface area contributed by atoms with Crippen LogP contribution in [0.5, 0.6) is 0 Å². The van der Waals surface area contributed by atoms with Gasteiger partial charge in [-0.05, 0) is 17.7 Å². The molecule has 0 spiro atoms. The molecule has 0 aliphatic rings. The van der Waals surface area contributed by atoms with Gasteiger partial charge in [0.25, 0.3) is 0 Å². The van der Waals surface area contributed by atoms with E-state index in [-0.39, 0.29) is 11.3 Å². The minimum atomic E-state index is -1.11. The highest BCUT2D eigenvalue weighted by Gasteiger charge is 2.19. The van der Waals surface area contributed by atoms with E-state index in [0.717, 1.165) is 0 Å². The fourth-order valence-corrected chi connectivity index (χ4v) is 1.91. The number of nitrogens with zero attached hydrogens (tertiary/aromatic N) is 1. The number of methoxy groups -OCH3 is 1. The highest BCUT2D eigenvalue weighted by Crippen LogP contribution is 2.16. The number of carbonyl (C=O) groups is 1. The third-order valence-corrected chi connectivity index (χ3v) is 2.92. The lowest BCUT2D eigenvalue weighted by Crippen LogP contribution is -2.25. The van der Waals surface area contributed by atoms with Gasteiger partial charge < -0.3 is 9.72 Å². The molecule has 0 fully saturated rings. The van der Waals surface area contributed by atoms with Crippen molar-refractivity contribution in [1.82, 2.24) is 9.97 Å². The second-order valence-electron chi connectivity index (χ2n) is 4.34. The Hall–Kier alpha value is -3.49. The van der Waals surface area contributed by atoms with Crippen molar-refractivity contribution >= 4 is 23.8 Å². The second-order valence-corrected chi connectivity index (χ2v) is 4.34. The highest BCUT2D eigenvalue weighted by molar-refractivity contribution is 5.94. The SMILES string of the molecule is COC(=O)c1ccccc1C=Cc1[nH]c(=O)[nH]c(=O)c1[N+](=O)[O-]. The normalized spacial score (nSPS) is 10.7. The number of nitrogens with one attached hydrogen (secondary N) is 2. The number of ether oxygens (including phenoxy) is 1. The van der Waals surface area contributed by atoms with Gasteiger partial charge in [0.05, 0.1) is 17.6 Å². The van der Waals surface area contributed by atoms with Crippen LogP contribution in [-0.4, -0.2) is 28.0 Å². The minimum absolute atomic E-state index is 0.237. The summed E-state index contributed by atoms with van der Waals surface area (Å²) in [6.45, 7) is 0. The lowest BCUT2D eigenvalue weighted by molar-refractivity contribution is -0.386. The number of esters is 1. The average molecular weight is 317 g/mol. The Morgan fingerprint density at radius 2 is 1.91 bits per heavy atom. The first kappa shape index (κ1) is 15.9. The van der Waals surface area contributed by atoms with Gasteiger partial charge in [0.15, 0.2) is 0 Å². The van der Waals surface area contributed by atoms with Crippen LogP contribution in [0.2, 0.25) is 0 Å². The molecular weight excluding hydrogens is 306 g/mol. The van der Waals surface area contributed by atoms with E-state index < -0.39 is 27.8 Å². The van der Waals surface area contributed by atoms with Crippen LogP contribution < -0.4 is 11.2 Å². The average Bonchev–Trinajstić information content (AvgIpc) is 2.51. The zero-order valence-corrected chi connectivity index (χ0v) is 11.9. The minimum Gasteiger partial charge on any atom is -0.465 e. The van der Waals surface area contributed by atoms with Gasteiger partial charge in [-0.1, -0.05) is 24.3 Å². The molecule has 0 bridgehead atoms. The Bertz CT molecular complexity index is 909. The number of rotatable bonds is 4. The monoisotopic (exact) mass is 317 g/mol. The van der Waals surface area contributed by atoms with Crippen molar-refractivity contribution in [2.75, 3.05) is 7.11 Å². The van der Waals surface area contributed by atoms with Gasteiger partial charge in [-0.3, -0.25) is 19.9 Å². The smallest absolute Gasteiger partial charge is 0.357 e. The molecule has 1 aromatic carbocycles. The highest BCUT2D eigenvalue weighted by atomic mass is 16.6. The van der Waals surface area contributed by atoms with Crippen molar-refractivity contribution in [3.63, 3.8) is 0 Å². The van der Waals surface area contributed by atoms with Gasteiger partial charge >= 0.3 is 22.9 Å². The van der Waals surface area contributed by atoms with Gasteiger partial charge in [0.2, 0.25) is 0 Å². The van der Waals surface area contributed by atoms with E-state index in [4.69, 9.17) is 0 Å². The topological polar surface area (TPSA) is 135 Å². The van der Waals surface area contributed by atoms with Crippen molar-refractivity contribution in [3.05, 3.63) is 72.0 Å². The third kappa shape index (κ3) is 3.40. The Kier molecular flexibility index (Phi) is 4.50. The first-order chi connectivity index (χ1) is 10.9. The number of H-pyrrole nitrogens is 2. The van der Waals surface area contributed by atoms with Crippen molar-refractivity contribution in [2.45, 2.75) is 0 Å². The summed E-state index contributed by atoms with van der Waals surface area (Å²) in [7, 11) is 1.22. The maximum atomic E-state index is 11.7. The van der Waals surface area contributed by atoms with Crippen LogP contribution in [0.3, 0.4) is 0 Å². The van der Waals surface area contributed by atoms with E-state index in [2.05, 4.69) is 9.72 Å². The molecule has 23 heavy (non-hydrogen) atoms. The number of carbonyl (C=O) groups excluding carboxylic acids is 1. The molecule has 118 valence electrons. The summed E-state index contributed by atoms with van der Waals surface area (Å²) in [6, 6.07) is 6.38. The summed E-state index contributed by atoms with van der Waals surface area (Å²) in [5, 5.41) is 10.9. The Morgan fingerprint density at radius 3 is 2.57 bits per heavy atom. The molecule has 0 atom stereocenters. The molecule has 2 N–H and O–H groups in total. The van der Waals surface area contributed by atoms with Crippen LogP contribution >= 0.6 is 0 Å².